The van der Waals surface area contributed by atoms with E-state index in [9.17, 15) is 0 Å². The first kappa shape index (κ1) is 31.5. The van der Waals surface area contributed by atoms with Gasteiger partial charge in [0.1, 0.15) is 0 Å². The van der Waals surface area contributed by atoms with E-state index in [1.807, 2.05) is 0 Å². The molecule has 0 bridgehead atoms. The van der Waals surface area contributed by atoms with Crippen LogP contribution in [0, 0.1) is 0 Å². The Morgan fingerprint density at radius 1 is 0.576 bits per heavy atom. The summed E-state index contributed by atoms with van der Waals surface area (Å²) in [5.74, 6) is 11.9. The van der Waals surface area contributed by atoms with Crippen LogP contribution in [-0.2, 0) is 0 Å². The van der Waals surface area contributed by atoms with Crippen LogP contribution in [0.15, 0.2) is 0 Å². The van der Waals surface area contributed by atoms with Crippen LogP contribution in [0.4, 0.5) is 0 Å². The van der Waals surface area contributed by atoms with Crippen LogP contribution < -0.4 is 0 Å². The molecule has 0 aromatic rings. The van der Waals surface area contributed by atoms with Crippen molar-refractivity contribution in [2.45, 2.75) is 67.2 Å². The molecule has 6 unspecified atom stereocenters. The predicted molar refractivity (Wildman–Crippen MR) is 176 cm³/mol. The summed E-state index contributed by atoms with van der Waals surface area (Å²) >= 11 is 17.4. The summed E-state index contributed by atoms with van der Waals surface area (Å²) in [6, 6.07) is 0. The standard InChI is InChI=1S/C22H38S7Te4/c1(3-30-11-19-7-26-19)23-5-17(13-32-15-21-9-28-21)25-6-18(14-33-16-22-10-29-22)24-2-4-31-12-20-8-27-20/h17-22H,1-16H2. The number of hydrogen-bond acceptors (Lipinski definition) is 7. The fraction of sp³-hybridized carbons (Fsp3) is 1.00. The SMILES string of the molecule is C(C[Te]CC1CS1)SCC(C[Te]CC1CS1)SCC(C[Te]CC1CS1)SCC[Te]CC1CS1. The van der Waals surface area contributed by atoms with Crippen LogP contribution in [0.25, 0.3) is 0 Å². The Hall–Kier alpha value is 5.61. The van der Waals surface area contributed by atoms with Gasteiger partial charge in [-0.15, -0.1) is 0 Å². The molecule has 0 aromatic carbocycles. The van der Waals surface area contributed by atoms with Crippen LogP contribution in [0.5, 0.6) is 0 Å². The molecule has 192 valence electrons. The Morgan fingerprint density at radius 2 is 1.03 bits per heavy atom. The Balaban J connectivity index is 1.10. The number of thioether (sulfide) groups is 7. The van der Waals surface area contributed by atoms with E-state index in [-0.39, 0.29) is 41.8 Å². The molecular formula is C22H38S7Te4. The van der Waals surface area contributed by atoms with Crippen molar-refractivity contribution in [3.63, 3.8) is 0 Å². The molecule has 6 atom stereocenters. The Morgan fingerprint density at radius 3 is 1.55 bits per heavy atom. The fourth-order valence-electron chi connectivity index (χ4n) is 2.89. The molecule has 0 spiro atoms. The molecule has 4 fully saturated rings. The summed E-state index contributed by atoms with van der Waals surface area (Å²) in [7, 11) is 0. The van der Waals surface area contributed by atoms with Crippen molar-refractivity contribution in [1.82, 2.24) is 0 Å². The van der Waals surface area contributed by atoms with E-state index in [4.69, 9.17) is 0 Å². The van der Waals surface area contributed by atoms with Crippen molar-refractivity contribution in [2.75, 3.05) is 46.0 Å². The zero-order chi connectivity index (χ0) is 22.6. The van der Waals surface area contributed by atoms with Gasteiger partial charge in [-0.3, -0.25) is 0 Å². The first-order valence-electron chi connectivity index (χ1n) is 11.9. The second kappa shape index (κ2) is 19.7. The predicted octanol–water partition coefficient (Wildman–Crippen LogP) is 6.55. The van der Waals surface area contributed by atoms with Gasteiger partial charge in [0, 0.05) is 0 Å². The Kier molecular flexibility index (Phi) is 18.8. The molecule has 0 amide bonds. The van der Waals surface area contributed by atoms with Gasteiger partial charge >= 0.3 is 279 Å². The van der Waals surface area contributed by atoms with E-state index in [1.165, 1.54) is 46.0 Å². The van der Waals surface area contributed by atoms with Crippen molar-refractivity contribution in [3.8, 4) is 0 Å². The van der Waals surface area contributed by atoms with Crippen LogP contribution in [0.2, 0.25) is 35.8 Å². The number of rotatable bonds is 24. The first-order chi connectivity index (χ1) is 16.3. The normalized spacial score (nSPS) is 29.1. The van der Waals surface area contributed by atoms with E-state index >= 15 is 0 Å². The second-order valence-electron chi connectivity index (χ2n) is 8.57. The summed E-state index contributed by atoms with van der Waals surface area (Å²) in [4.78, 5) is 0. The molecular weight excluding hydrogens is 999 g/mol. The third kappa shape index (κ3) is 17.9. The minimum absolute atomic E-state index is 0.280. The molecule has 33 heavy (non-hydrogen) atoms. The average molecular weight is 1040 g/mol. The van der Waals surface area contributed by atoms with E-state index in [0.717, 1.165) is 31.5 Å². The van der Waals surface area contributed by atoms with Crippen molar-refractivity contribution in [2.24, 2.45) is 0 Å². The maximum atomic E-state index is 2.45. The molecule has 4 aliphatic rings. The molecule has 0 nitrogen and oxygen atoms in total. The van der Waals surface area contributed by atoms with Gasteiger partial charge < -0.3 is 0 Å². The molecule has 0 aromatic heterocycles. The zero-order valence-corrected chi connectivity index (χ0v) is 34.3. The van der Waals surface area contributed by atoms with Crippen LogP contribution in [-0.4, -0.2) is 161 Å². The average Bonchev–Trinajstić information content (AvgIpc) is 3.63. The molecule has 4 aliphatic heterocycles. The van der Waals surface area contributed by atoms with Gasteiger partial charge in [0.15, 0.2) is 0 Å². The quantitative estimate of drug-likeness (QED) is 0.0605. The maximum absolute atomic E-state index is 2.45. The summed E-state index contributed by atoms with van der Waals surface area (Å²) in [6.45, 7) is 0. The Labute approximate surface area is 274 Å². The van der Waals surface area contributed by atoms with Crippen molar-refractivity contribution < 1.29 is 0 Å². The van der Waals surface area contributed by atoms with E-state index < -0.39 is 0 Å². The summed E-state index contributed by atoms with van der Waals surface area (Å²) in [5.41, 5.74) is 0. The van der Waals surface area contributed by atoms with Crippen LogP contribution >= 0.6 is 82.3 Å². The number of hydrogen-bond donors (Lipinski definition) is 0. The van der Waals surface area contributed by atoms with Gasteiger partial charge in [0.05, 0.1) is 0 Å². The fourth-order valence-corrected chi connectivity index (χ4v) is 31.4. The monoisotopic (exact) mass is 1050 g/mol. The van der Waals surface area contributed by atoms with Gasteiger partial charge in [-0.05, 0) is 0 Å². The van der Waals surface area contributed by atoms with E-state index in [2.05, 4.69) is 82.3 Å². The first-order valence-corrected chi connectivity index (χ1v) is 32.6. The van der Waals surface area contributed by atoms with E-state index in [1.54, 1.807) is 35.8 Å². The van der Waals surface area contributed by atoms with E-state index in [0.29, 0.717) is 41.8 Å². The molecule has 0 saturated carbocycles. The molecule has 4 rings (SSSR count). The minimum atomic E-state index is 0.280. The van der Waals surface area contributed by atoms with Gasteiger partial charge in [-0.2, -0.15) is 0 Å². The molecule has 11 heteroatoms. The zero-order valence-electron chi connectivity index (χ0n) is 19.3. The Bertz CT molecular complexity index is 519. The molecule has 0 aliphatic carbocycles. The van der Waals surface area contributed by atoms with Gasteiger partial charge in [-0.1, -0.05) is 0 Å². The third-order valence-electron chi connectivity index (χ3n) is 5.21. The molecule has 0 N–H and O–H groups in total. The summed E-state index contributed by atoms with van der Waals surface area (Å²) in [5, 5.41) is 6.44. The second-order valence-corrected chi connectivity index (χ2v) is 30.5. The summed E-state index contributed by atoms with van der Waals surface area (Å²) in [6.07, 6.45) is 0. The van der Waals surface area contributed by atoms with Crippen LogP contribution in [0.1, 0.15) is 0 Å². The van der Waals surface area contributed by atoms with Crippen molar-refractivity contribution in [3.05, 3.63) is 0 Å². The molecule has 4 heterocycles. The van der Waals surface area contributed by atoms with Crippen molar-refractivity contribution >= 4 is 166 Å². The topological polar surface area (TPSA) is 0 Å². The van der Waals surface area contributed by atoms with Crippen LogP contribution in [0.3, 0.4) is 0 Å². The van der Waals surface area contributed by atoms with Gasteiger partial charge in [0.25, 0.3) is 0 Å². The molecule has 0 radical (unpaired) electrons. The van der Waals surface area contributed by atoms with Gasteiger partial charge in [-0.25, -0.2) is 0 Å². The third-order valence-corrected chi connectivity index (χ3v) is 32.6. The van der Waals surface area contributed by atoms with Crippen molar-refractivity contribution in [1.29, 1.82) is 0 Å². The molecule has 4 saturated heterocycles. The summed E-state index contributed by atoms with van der Waals surface area (Å²) < 4.78 is 13.0. The van der Waals surface area contributed by atoms with Gasteiger partial charge in [0.2, 0.25) is 0 Å².